The predicted octanol–water partition coefficient (Wildman–Crippen LogP) is 2.33. The molecule has 100 valence electrons. The SMILES string of the molecule is CC[C@H](CO)Nc1ccc([N+](=O)[O-])c2cnccc12. The summed E-state index contributed by atoms with van der Waals surface area (Å²) in [6.45, 7) is 1.98. The molecule has 0 unspecified atom stereocenters. The highest BCUT2D eigenvalue weighted by Gasteiger charge is 2.15. The zero-order valence-electron chi connectivity index (χ0n) is 10.5. The van der Waals surface area contributed by atoms with Gasteiger partial charge in [-0.1, -0.05) is 6.92 Å². The van der Waals surface area contributed by atoms with Crippen molar-refractivity contribution in [3.8, 4) is 0 Å². The van der Waals surface area contributed by atoms with Crippen LogP contribution in [0.25, 0.3) is 10.8 Å². The van der Waals surface area contributed by atoms with Gasteiger partial charge in [-0.15, -0.1) is 0 Å². The fourth-order valence-electron chi connectivity index (χ4n) is 1.96. The van der Waals surface area contributed by atoms with Gasteiger partial charge in [0.15, 0.2) is 0 Å². The molecule has 0 amide bonds. The maximum absolute atomic E-state index is 11.0. The molecule has 0 aliphatic carbocycles. The molecule has 0 aliphatic heterocycles. The second-order valence-corrected chi connectivity index (χ2v) is 4.24. The Balaban J connectivity index is 2.52. The fourth-order valence-corrected chi connectivity index (χ4v) is 1.96. The van der Waals surface area contributed by atoms with Gasteiger partial charge >= 0.3 is 0 Å². The quantitative estimate of drug-likeness (QED) is 0.637. The first-order valence-corrected chi connectivity index (χ1v) is 6.06. The number of aliphatic hydroxyl groups is 1. The van der Waals surface area contributed by atoms with Crippen LogP contribution in [0.2, 0.25) is 0 Å². The summed E-state index contributed by atoms with van der Waals surface area (Å²) in [4.78, 5) is 14.5. The summed E-state index contributed by atoms with van der Waals surface area (Å²) in [6.07, 6.45) is 3.84. The van der Waals surface area contributed by atoms with E-state index in [1.165, 1.54) is 12.3 Å². The van der Waals surface area contributed by atoms with Gasteiger partial charge < -0.3 is 10.4 Å². The number of rotatable bonds is 5. The third-order valence-corrected chi connectivity index (χ3v) is 3.06. The number of benzene rings is 1. The average molecular weight is 261 g/mol. The van der Waals surface area contributed by atoms with Gasteiger partial charge in [0, 0.05) is 35.6 Å². The van der Waals surface area contributed by atoms with Crippen molar-refractivity contribution in [1.29, 1.82) is 0 Å². The highest BCUT2D eigenvalue weighted by atomic mass is 16.6. The van der Waals surface area contributed by atoms with Crippen LogP contribution in [0.3, 0.4) is 0 Å². The van der Waals surface area contributed by atoms with Gasteiger partial charge in [-0.25, -0.2) is 0 Å². The molecule has 1 aromatic heterocycles. The number of hydrogen-bond acceptors (Lipinski definition) is 5. The third-order valence-electron chi connectivity index (χ3n) is 3.06. The Kier molecular flexibility index (Phi) is 3.91. The lowest BCUT2D eigenvalue weighted by Gasteiger charge is -2.17. The van der Waals surface area contributed by atoms with Crippen LogP contribution in [0, 0.1) is 10.1 Å². The summed E-state index contributed by atoms with van der Waals surface area (Å²) in [6, 6.07) is 4.78. The Morgan fingerprint density at radius 3 is 2.84 bits per heavy atom. The highest BCUT2D eigenvalue weighted by Crippen LogP contribution is 2.31. The number of aromatic nitrogens is 1. The van der Waals surface area contributed by atoms with E-state index in [1.54, 1.807) is 18.3 Å². The van der Waals surface area contributed by atoms with Crippen molar-refractivity contribution in [1.82, 2.24) is 4.98 Å². The Hall–Kier alpha value is -2.21. The monoisotopic (exact) mass is 261 g/mol. The van der Waals surface area contributed by atoms with Gasteiger partial charge in [-0.3, -0.25) is 15.1 Å². The molecule has 19 heavy (non-hydrogen) atoms. The van der Waals surface area contributed by atoms with E-state index in [9.17, 15) is 15.2 Å². The predicted molar refractivity (Wildman–Crippen MR) is 73.2 cm³/mol. The summed E-state index contributed by atoms with van der Waals surface area (Å²) < 4.78 is 0. The molecular formula is C13H15N3O3. The summed E-state index contributed by atoms with van der Waals surface area (Å²) >= 11 is 0. The molecule has 0 aliphatic rings. The molecule has 0 saturated heterocycles. The second kappa shape index (κ2) is 5.62. The van der Waals surface area contributed by atoms with Crippen LogP contribution in [-0.4, -0.2) is 27.7 Å². The largest absolute Gasteiger partial charge is 0.394 e. The first-order valence-electron chi connectivity index (χ1n) is 6.06. The Morgan fingerprint density at radius 2 is 2.21 bits per heavy atom. The van der Waals surface area contributed by atoms with Crippen LogP contribution < -0.4 is 5.32 Å². The molecule has 6 heteroatoms. The molecule has 1 aromatic carbocycles. The fraction of sp³-hybridized carbons (Fsp3) is 0.308. The number of nitrogens with zero attached hydrogens (tertiary/aromatic N) is 2. The summed E-state index contributed by atoms with van der Waals surface area (Å²) in [5.74, 6) is 0. The van der Waals surface area contributed by atoms with E-state index in [1.807, 2.05) is 6.92 Å². The molecule has 2 aromatic rings. The van der Waals surface area contributed by atoms with Crippen LogP contribution in [0.5, 0.6) is 0 Å². The number of fused-ring (bicyclic) bond motifs is 1. The van der Waals surface area contributed by atoms with Crippen LogP contribution in [0.15, 0.2) is 30.6 Å². The van der Waals surface area contributed by atoms with Crippen molar-refractivity contribution in [3.05, 3.63) is 40.7 Å². The molecule has 0 saturated carbocycles. The number of aliphatic hydroxyl groups excluding tert-OH is 1. The smallest absolute Gasteiger partial charge is 0.278 e. The lowest BCUT2D eigenvalue weighted by Crippen LogP contribution is -2.22. The van der Waals surface area contributed by atoms with E-state index >= 15 is 0 Å². The minimum absolute atomic E-state index is 0.0140. The van der Waals surface area contributed by atoms with Crippen molar-refractivity contribution in [2.75, 3.05) is 11.9 Å². The number of nitro benzene ring substituents is 1. The zero-order valence-corrected chi connectivity index (χ0v) is 10.5. The molecule has 0 fully saturated rings. The number of non-ortho nitro benzene ring substituents is 1. The molecule has 0 radical (unpaired) electrons. The molecule has 6 nitrogen and oxygen atoms in total. The average Bonchev–Trinajstić information content (AvgIpc) is 2.44. The number of nitro groups is 1. The van der Waals surface area contributed by atoms with Crippen molar-refractivity contribution in [2.24, 2.45) is 0 Å². The van der Waals surface area contributed by atoms with Gasteiger partial charge in [0.1, 0.15) is 0 Å². The second-order valence-electron chi connectivity index (χ2n) is 4.24. The number of pyridine rings is 1. The van der Waals surface area contributed by atoms with Gasteiger partial charge in [0.05, 0.1) is 16.9 Å². The molecule has 2 N–H and O–H groups in total. The summed E-state index contributed by atoms with van der Waals surface area (Å²) in [5.41, 5.74) is 0.801. The maximum atomic E-state index is 11.0. The van der Waals surface area contributed by atoms with Gasteiger partial charge in [0.2, 0.25) is 0 Å². The summed E-state index contributed by atoms with van der Waals surface area (Å²) in [5, 5.41) is 24.6. The molecule has 1 heterocycles. The summed E-state index contributed by atoms with van der Waals surface area (Å²) in [7, 11) is 0. The lowest BCUT2D eigenvalue weighted by molar-refractivity contribution is -0.383. The van der Waals surface area contributed by atoms with Gasteiger partial charge in [-0.05, 0) is 18.6 Å². The van der Waals surface area contributed by atoms with Crippen molar-refractivity contribution >= 4 is 22.1 Å². The van der Waals surface area contributed by atoms with Crippen LogP contribution in [-0.2, 0) is 0 Å². The molecular weight excluding hydrogens is 246 g/mol. The van der Waals surface area contributed by atoms with E-state index < -0.39 is 4.92 Å². The lowest BCUT2D eigenvalue weighted by atomic mass is 10.1. The molecule has 0 bridgehead atoms. The van der Waals surface area contributed by atoms with Gasteiger partial charge in [-0.2, -0.15) is 0 Å². The topological polar surface area (TPSA) is 88.3 Å². The standard InChI is InChI=1S/C13H15N3O3/c1-2-9(8-17)15-12-3-4-13(16(18)19)11-7-14-6-5-10(11)12/h3-7,9,15,17H,2,8H2,1H3/t9-/m1/s1. The van der Waals surface area contributed by atoms with Crippen LogP contribution in [0.1, 0.15) is 13.3 Å². The van der Waals surface area contributed by atoms with Crippen LogP contribution >= 0.6 is 0 Å². The molecule has 2 rings (SSSR count). The first kappa shape index (κ1) is 13.2. The molecule has 1 atom stereocenters. The van der Waals surface area contributed by atoms with Crippen molar-refractivity contribution < 1.29 is 10.0 Å². The van der Waals surface area contributed by atoms with Gasteiger partial charge in [0.25, 0.3) is 5.69 Å². The number of anilines is 1. The van der Waals surface area contributed by atoms with Crippen molar-refractivity contribution in [3.63, 3.8) is 0 Å². The van der Waals surface area contributed by atoms with Crippen LogP contribution in [0.4, 0.5) is 11.4 Å². The van der Waals surface area contributed by atoms with E-state index in [0.29, 0.717) is 5.39 Å². The Bertz CT molecular complexity index is 597. The number of hydrogen-bond donors (Lipinski definition) is 2. The van der Waals surface area contributed by atoms with E-state index in [0.717, 1.165) is 17.5 Å². The Morgan fingerprint density at radius 1 is 1.42 bits per heavy atom. The first-order chi connectivity index (χ1) is 9.17. The maximum Gasteiger partial charge on any atom is 0.278 e. The van der Waals surface area contributed by atoms with Crippen molar-refractivity contribution in [2.45, 2.75) is 19.4 Å². The normalized spacial score (nSPS) is 12.3. The minimum Gasteiger partial charge on any atom is -0.394 e. The highest BCUT2D eigenvalue weighted by molar-refractivity contribution is 5.99. The van der Waals surface area contributed by atoms with E-state index in [4.69, 9.17) is 0 Å². The van der Waals surface area contributed by atoms with E-state index in [-0.39, 0.29) is 18.3 Å². The minimum atomic E-state index is -0.420. The Labute approximate surface area is 110 Å². The van der Waals surface area contributed by atoms with E-state index in [2.05, 4.69) is 10.3 Å². The number of nitrogens with one attached hydrogen (secondary N) is 1. The zero-order chi connectivity index (χ0) is 13.8. The molecule has 0 spiro atoms. The third kappa shape index (κ3) is 2.63.